The van der Waals surface area contributed by atoms with Crippen molar-refractivity contribution in [2.75, 3.05) is 0 Å². The third-order valence-corrected chi connectivity index (χ3v) is 10.7. The zero-order chi connectivity index (χ0) is 33.0. The Labute approximate surface area is 292 Å². The van der Waals surface area contributed by atoms with Crippen molar-refractivity contribution >= 4 is 53.6 Å². The van der Waals surface area contributed by atoms with Crippen LogP contribution in [0, 0.1) is 0 Å². The van der Waals surface area contributed by atoms with Crippen molar-refractivity contribution in [3.8, 4) is 55.8 Å². The molecule has 0 fully saturated rings. The van der Waals surface area contributed by atoms with E-state index >= 15 is 0 Å². The normalized spacial score (nSPS) is 11.6. The van der Waals surface area contributed by atoms with Crippen LogP contribution >= 0.6 is 11.3 Å². The molecule has 10 aromatic rings. The summed E-state index contributed by atoms with van der Waals surface area (Å²) in [7, 11) is 0. The summed E-state index contributed by atoms with van der Waals surface area (Å²) in [5.41, 5.74) is 14.1. The first kappa shape index (κ1) is 28.6. The Hall–Kier alpha value is -6.36. The van der Waals surface area contributed by atoms with Crippen molar-refractivity contribution in [1.82, 2.24) is 9.97 Å². The lowest BCUT2D eigenvalue weighted by atomic mass is 9.93. The summed E-state index contributed by atoms with van der Waals surface area (Å²) < 4.78 is 8.66. The predicted molar refractivity (Wildman–Crippen MR) is 209 cm³/mol. The molecule has 234 valence electrons. The van der Waals surface area contributed by atoms with Crippen LogP contribution in [0.3, 0.4) is 0 Å². The van der Waals surface area contributed by atoms with E-state index < -0.39 is 0 Å². The second-order valence-corrected chi connectivity index (χ2v) is 13.7. The minimum absolute atomic E-state index is 0.899. The fourth-order valence-corrected chi connectivity index (χ4v) is 8.31. The van der Waals surface area contributed by atoms with Gasteiger partial charge in [0.1, 0.15) is 17.5 Å². The molecule has 50 heavy (non-hydrogen) atoms. The van der Waals surface area contributed by atoms with Crippen LogP contribution in [0.25, 0.3) is 98.0 Å². The first-order valence-electron chi connectivity index (χ1n) is 16.7. The smallest absolute Gasteiger partial charge is 0.143 e. The number of aromatic nitrogens is 2. The van der Waals surface area contributed by atoms with Gasteiger partial charge >= 0.3 is 0 Å². The van der Waals surface area contributed by atoms with E-state index in [0.717, 1.165) is 65.5 Å². The maximum absolute atomic E-state index is 6.38. The van der Waals surface area contributed by atoms with E-state index in [2.05, 4.69) is 152 Å². The highest BCUT2D eigenvalue weighted by Crippen LogP contribution is 2.42. The average Bonchev–Trinajstić information content (AvgIpc) is 3.77. The monoisotopic (exact) mass is 656 g/mol. The van der Waals surface area contributed by atoms with E-state index in [1.54, 1.807) is 17.7 Å². The highest BCUT2D eigenvalue weighted by molar-refractivity contribution is 7.26. The molecule has 10 rings (SSSR count). The summed E-state index contributed by atoms with van der Waals surface area (Å²) >= 11 is 1.75. The second kappa shape index (κ2) is 11.7. The van der Waals surface area contributed by atoms with Gasteiger partial charge in [0, 0.05) is 32.0 Å². The van der Waals surface area contributed by atoms with Gasteiger partial charge in [0.05, 0.1) is 15.9 Å². The lowest BCUT2D eigenvalue weighted by molar-refractivity contribution is 0.670. The minimum Gasteiger partial charge on any atom is -0.455 e. The first-order chi connectivity index (χ1) is 24.8. The van der Waals surface area contributed by atoms with Gasteiger partial charge in [-0.3, -0.25) is 0 Å². The summed E-state index contributed by atoms with van der Waals surface area (Å²) in [6, 6.07) is 58.1. The van der Waals surface area contributed by atoms with Crippen LogP contribution in [0.5, 0.6) is 0 Å². The van der Waals surface area contributed by atoms with Crippen LogP contribution in [0.15, 0.2) is 175 Å². The lowest BCUT2D eigenvalue weighted by Crippen LogP contribution is -1.88. The molecule has 0 radical (unpaired) electrons. The van der Waals surface area contributed by atoms with Crippen LogP contribution in [0.4, 0.5) is 0 Å². The number of hydrogen-bond acceptors (Lipinski definition) is 4. The zero-order valence-corrected chi connectivity index (χ0v) is 27.7. The molecule has 0 amide bonds. The first-order valence-corrected chi connectivity index (χ1v) is 17.5. The Morgan fingerprint density at radius 3 is 1.82 bits per heavy atom. The number of para-hydroxylation sites is 2. The fourth-order valence-electron chi connectivity index (χ4n) is 7.16. The molecule has 0 bridgehead atoms. The molecule has 0 aliphatic carbocycles. The van der Waals surface area contributed by atoms with E-state index in [0.29, 0.717) is 0 Å². The quantitative estimate of drug-likeness (QED) is 0.185. The van der Waals surface area contributed by atoms with Gasteiger partial charge < -0.3 is 4.42 Å². The number of rotatable bonds is 5. The molecule has 7 aromatic carbocycles. The standard InChI is InChI=1S/C46H28N2OS/c1-3-11-29(12-4-1)34-24-35(30-13-5-2-6-14-30)26-36(25-34)31-21-22-42-40(27-31)44-46(50-42)43(47-28-48-44)33-16-9-15-32(23-33)37-18-10-19-39-38-17-7-8-20-41(38)49-45(37)39/h1-28H. The van der Waals surface area contributed by atoms with Gasteiger partial charge in [0.25, 0.3) is 0 Å². The molecule has 3 heterocycles. The molecular weight excluding hydrogens is 629 g/mol. The van der Waals surface area contributed by atoms with E-state index in [4.69, 9.17) is 14.4 Å². The summed E-state index contributed by atoms with van der Waals surface area (Å²) in [6.45, 7) is 0. The van der Waals surface area contributed by atoms with Crippen LogP contribution in [0.2, 0.25) is 0 Å². The highest BCUT2D eigenvalue weighted by Gasteiger charge is 2.17. The molecule has 0 N–H and O–H groups in total. The third-order valence-electron chi connectivity index (χ3n) is 9.58. The molecular formula is C46H28N2OS. The predicted octanol–water partition coefficient (Wildman–Crippen LogP) is 13.1. The van der Waals surface area contributed by atoms with E-state index in [1.165, 1.54) is 32.5 Å². The summed E-state index contributed by atoms with van der Waals surface area (Å²) in [4.78, 5) is 9.70. The number of thiophene rings is 1. The SMILES string of the molecule is c1ccc(-c2cc(-c3ccccc3)cc(-c3ccc4sc5c(-c6cccc(-c7cccc8c7oc7ccccc78)c6)ncnc5c4c3)c2)cc1. The topological polar surface area (TPSA) is 38.9 Å². The fraction of sp³-hybridized carbons (Fsp3) is 0. The molecule has 3 nitrogen and oxygen atoms in total. The summed E-state index contributed by atoms with van der Waals surface area (Å²) in [5, 5.41) is 3.39. The maximum Gasteiger partial charge on any atom is 0.143 e. The second-order valence-electron chi connectivity index (χ2n) is 12.6. The minimum atomic E-state index is 0.899. The Morgan fingerprint density at radius 2 is 1.04 bits per heavy atom. The van der Waals surface area contributed by atoms with Crippen molar-refractivity contribution in [2.24, 2.45) is 0 Å². The molecule has 0 atom stereocenters. The van der Waals surface area contributed by atoms with Crippen molar-refractivity contribution < 1.29 is 4.42 Å². The van der Waals surface area contributed by atoms with Crippen LogP contribution in [0.1, 0.15) is 0 Å². The molecule has 3 aromatic heterocycles. The van der Waals surface area contributed by atoms with E-state index in [1.807, 2.05) is 12.1 Å². The van der Waals surface area contributed by atoms with Crippen LogP contribution in [-0.2, 0) is 0 Å². The van der Waals surface area contributed by atoms with Crippen LogP contribution < -0.4 is 0 Å². The molecule has 0 saturated carbocycles. The van der Waals surface area contributed by atoms with Gasteiger partial charge in [-0.2, -0.15) is 0 Å². The summed E-state index contributed by atoms with van der Waals surface area (Å²) in [5.74, 6) is 0. The highest BCUT2D eigenvalue weighted by atomic mass is 32.1. The van der Waals surface area contributed by atoms with E-state index in [-0.39, 0.29) is 0 Å². The van der Waals surface area contributed by atoms with Gasteiger partial charge in [-0.1, -0.05) is 121 Å². The van der Waals surface area contributed by atoms with Gasteiger partial charge in [-0.25, -0.2) is 9.97 Å². The van der Waals surface area contributed by atoms with Crippen molar-refractivity contribution in [2.45, 2.75) is 0 Å². The van der Waals surface area contributed by atoms with Gasteiger partial charge in [0.15, 0.2) is 0 Å². The molecule has 0 spiro atoms. The van der Waals surface area contributed by atoms with Gasteiger partial charge in [-0.15, -0.1) is 11.3 Å². The number of nitrogens with zero attached hydrogens (tertiary/aromatic N) is 2. The number of fused-ring (bicyclic) bond motifs is 6. The van der Waals surface area contributed by atoms with Crippen molar-refractivity contribution in [3.05, 3.63) is 170 Å². The Kier molecular flexibility index (Phi) is 6.68. The van der Waals surface area contributed by atoms with Gasteiger partial charge in [0.2, 0.25) is 0 Å². The Balaban J connectivity index is 1.09. The Bertz CT molecular complexity index is 2810. The number of benzene rings is 7. The number of furan rings is 1. The average molecular weight is 657 g/mol. The van der Waals surface area contributed by atoms with Crippen LogP contribution in [-0.4, -0.2) is 9.97 Å². The molecule has 0 unspecified atom stereocenters. The van der Waals surface area contributed by atoms with Crippen molar-refractivity contribution in [1.29, 1.82) is 0 Å². The third kappa shape index (κ3) is 4.80. The maximum atomic E-state index is 6.38. The summed E-state index contributed by atoms with van der Waals surface area (Å²) in [6.07, 6.45) is 1.70. The molecule has 0 saturated heterocycles. The van der Waals surface area contributed by atoms with Gasteiger partial charge in [-0.05, 0) is 81.4 Å². The van der Waals surface area contributed by atoms with E-state index in [9.17, 15) is 0 Å². The zero-order valence-electron chi connectivity index (χ0n) is 26.9. The molecule has 0 aliphatic rings. The molecule has 4 heteroatoms. The van der Waals surface area contributed by atoms with Crippen molar-refractivity contribution in [3.63, 3.8) is 0 Å². The number of hydrogen-bond donors (Lipinski definition) is 0. The largest absolute Gasteiger partial charge is 0.455 e. The Morgan fingerprint density at radius 1 is 0.420 bits per heavy atom. The lowest BCUT2D eigenvalue weighted by Gasteiger charge is -2.11. The molecule has 0 aliphatic heterocycles.